The van der Waals surface area contributed by atoms with Crippen LogP contribution in [0.3, 0.4) is 0 Å². The van der Waals surface area contributed by atoms with Gasteiger partial charge in [0.1, 0.15) is 11.4 Å². The summed E-state index contributed by atoms with van der Waals surface area (Å²) in [5.41, 5.74) is 2.02. The van der Waals surface area contributed by atoms with E-state index in [1.165, 1.54) is 0 Å². The van der Waals surface area contributed by atoms with Gasteiger partial charge in [-0.15, -0.1) is 0 Å². The molecule has 0 aromatic heterocycles. The molecule has 0 bridgehead atoms. The highest BCUT2D eigenvalue weighted by Crippen LogP contribution is 2.23. The van der Waals surface area contributed by atoms with Crippen molar-refractivity contribution in [2.75, 3.05) is 13.2 Å². The first kappa shape index (κ1) is 23.9. The maximum Gasteiger partial charge on any atom is 0.309 e. The molecule has 0 saturated carbocycles. The van der Waals surface area contributed by atoms with Gasteiger partial charge >= 0.3 is 11.9 Å². The average molecular weight is 424 g/mol. The highest BCUT2D eigenvalue weighted by molar-refractivity contribution is 5.80. The number of nitrogens with zero attached hydrogens (tertiary/aromatic N) is 1. The minimum Gasteiger partial charge on any atom is -0.494 e. The van der Waals surface area contributed by atoms with Crippen LogP contribution in [0.15, 0.2) is 48.5 Å². The Morgan fingerprint density at radius 2 is 1.58 bits per heavy atom. The van der Waals surface area contributed by atoms with Gasteiger partial charge in [0.2, 0.25) is 0 Å². The van der Waals surface area contributed by atoms with Crippen molar-refractivity contribution in [1.29, 1.82) is 5.26 Å². The first-order chi connectivity index (χ1) is 14.7. The first-order valence-electron chi connectivity index (χ1n) is 10.3. The average Bonchev–Trinajstić information content (AvgIpc) is 2.72. The van der Waals surface area contributed by atoms with Crippen LogP contribution in [0.5, 0.6) is 5.75 Å². The summed E-state index contributed by atoms with van der Waals surface area (Å²) in [5.74, 6) is -0.810. The van der Waals surface area contributed by atoms with Gasteiger partial charge in [-0.3, -0.25) is 9.59 Å². The van der Waals surface area contributed by atoms with Crippen LogP contribution in [-0.2, 0) is 19.1 Å². The van der Waals surface area contributed by atoms with Gasteiger partial charge in [-0.25, -0.2) is 0 Å². The lowest BCUT2D eigenvalue weighted by atomic mass is 10.0. The number of hydrogen-bond donors (Lipinski definition) is 0. The van der Waals surface area contributed by atoms with Gasteiger partial charge in [0, 0.05) is 0 Å². The van der Waals surface area contributed by atoms with Gasteiger partial charge < -0.3 is 14.2 Å². The van der Waals surface area contributed by atoms with E-state index in [1.807, 2.05) is 36.4 Å². The number of esters is 2. The molecule has 164 valence electrons. The maximum atomic E-state index is 12.2. The fourth-order valence-electron chi connectivity index (χ4n) is 2.95. The van der Waals surface area contributed by atoms with Crippen LogP contribution < -0.4 is 4.74 Å². The molecule has 0 N–H and O–H groups in total. The van der Waals surface area contributed by atoms with Crippen molar-refractivity contribution in [3.05, 3.63) is 54.1 Å². The van der Waals surface area contributed by atoms with E-state index in [0.29, 0.717) is 17.7 Å². The fourth-order valence-corrected chi connectivity index (χ4v) is 2.95. The second kappa shape index (κ2) is 11.2. The van der Waals surface area contributed by atoms with E-state index in [-0.39, 0.29) is 19.6 Å². The summed E-state index contributed by atoms with van der Waals surface area (Å²) in [6, 6.07) is 17.0. The SMILES string of the molecule is CCOC(=O)C(CCOc1ccc(-c2ccc(C#N)cc2)cc1)CC(=O)OC(C)(C)C. The molecule has 2 rings (SSSR count). The van der Waals surface area contributed by atoms with Gasteiger partial charge in [-0.05, 0) is 69.5 Å². The van der Waals surface area contributed by atoms with E-state index >= 15 is 0 Å². The smallest absolute Gasteiger partial charge is 0.309 e. The number of rotatable bonds is 9. The Kier molecular flexibility index (Phi) is 8.63. The number of nitriles is 1. The fraction of sp³-hybridized carbons (Fsp3) is 0.400. The van der Waals surface area contributed by atoms with Crippen LogP contribution in [0.4, 0.5) is 0 Å². The molecule has 0 spiro atoms. The molecule has 0 saturated heterocycles. The van der Waals surface area contributed by atoms with Gasteiger partial charge in [-0.2, -0.15) is 5.26 Å². The standard InChI is InChI=1S/C25H29NO5/c1-5-29-24(28)21(16-23(27)31-25(2,3)4)14-15-30-22-12-10-20(11-13-22)19-8-6-18(17-26)7-9-19/h6-13,21H,5,14-16H2,1-4H3. The van der Waals surface area contributed by atoms with Gasteiger partial charge in [0.15, 0.2) is 0 Å². The molecule has 6 nitrogen and oxygen atoms in total. The second-order valence-electron chi connectivity index (χ2n) is 8.09. The topological polar surface area (TPSA) is 85.6 Å². The molecule has 1 atom stereocenters. The summed E-state index contributed by atoms with van der Waals surface area (Å²) in [5, 5.41) is 8.90. The summed E-state index contributed by atoms with van der Waals surface area (Å²) in [6.07, 6.45) is 0.298. The molecule has 0 fully saturated rings. The van der Waals surface area contributed by atoms with Crippen molar-refractivity contribution >= 4 is 11.9 Å². The number of carbonyl (C=O) groups is 2. The lowest BCUT2D eigenvalue weighted by Crippen LogP contribution is -2.29. The zero-order valence-corrected chi connectivity index (χ0v) is 18.5. The van der Waals surface area contributed by atoms with Crippen LogP contribution >= 0.6 is 0 Å². The molecule has 31 heavy (non-hydrogen) atoms. The zero-order chi connectivity index (χ0) is 22.9. The lowest BCUT2D eigenvalue weighted by molar-refractivity contribution is -0.161. The van der Waals surface area contributed by atoms with Crippen molar-refractivity contribution < 1.29 is 23.8 Å². The van der Waals surface area contributed by atoms with Crippen LogP contribution in [-0.4, -0.2) is 30.8 Å². The molecule has 1 unspecified atom stereocenters. The summed E-state index contributed by atoms with van der Waals surface area (Å²) in [6.45, 7) is 7.61. The van der Waals surface area contributed by atoms with Gasteiger partial charge in [0.05, 0.1) is 37.2 Å². The summed E-state index contributed by atoms with van der Waals surface area (Å²) in [4.78, 5) is 24.4. The first-order valence-corrected chi connectivity index (χ1v) is 10.3. The molecule has 0 aliphatic heterocycles. The predicted octanol–water partition coefficient (Wildman–Crippen LogP) is 4.91. The molecule has 2 aromatic rings. The third-order valence-corrected chi connectivity index (χ3v) is 4.39. The summed E-state index contributed by atoms with van der Waals surface area (Å²) < 4.78 is 16.2. The summed E-state index contributed by atoms with van der Waals surface area (Å²) in [7, 11) is 0. The number of hydrogen-bond acceptors (Lipinski definition) is 6. The Morgan fingerprint density at radius 1 is 1.00 bits per heavy atom. The molecule has 0 heterocycles. The molecule has 0 radical (unpaired) electrons. The minimum absolute atomic E-state index is 0.0445. The van der Waals surface area contributed by atoms with E-state index in [9.17, 15) is 9.59 Å². The molecule has 0 aliphatic rings. The van der Waals surface area contributed by atoms with Crippen LogP contribution in [0, 0.1) is 17.2 Å². The largest absolute Gasteiger partial charge is 0.494 e. The van der Waals surface area contributed by atoms with E-state index in [1.54, 1.807) is 39.8 Å². The van der Waals surface area contributed by atoms with E-state index in [4.69, 9.17) is 19.5 Å². The van der Waals surface area contributed by atoms with Gasteiger partial charge in [-0.1, -0.05) is 24.3 Å². The van der Waals surface area contributed by atoms with Crippen molar-refractivity contribution in [2.45, 2.75) is 46.1 Å². The molecule has 0 aliphatic carbocycles. The van der Waals surface area contributed by atoms with Gasteiger partial charge in [0.25, 0.3) is 0 Å². The number of benzene rings is 2. The Labute approximate surface area is 183 Å². The molecular formula is C25H29NO5. The second-order valence-corrected chi connectivity index (χ2v) is 8.09. The van der Waals surface area contributed by atoms with Crippen molar-refractivity contribution in [1.82, 2.24) is 0 Å². The Balaban J connectivity index is 1.93. The van der Waals surface area contributed by atoms with Crippen LogP contribution in [0.2, 0.25) is 0 Å². The minimum atomic E-state index is -0.618. The molecular weight excluding hydrogens is 394 g/mol. The highest BCUT2D eigenvalue weighted by Gasteiger charge is 2.26. The third kappa shape index (κ3) is 8.13. The highest BCUT2D eigenvalue weighted by atomic mass is 16.6. The maximum absolute atomic E-state index is 12.2. The van der Waals surface area contributed by atoms with E-state index < -0.39 is 23.5 Å². The number of ether oxygens (including phenoxy) is 3. The lowest BCUT2D eigenvalue weighted by Gasteiger charge is -2.21. The molecule has 0 amide bonds. The number of carbonyl (C=O) groups excluding carboxylic acids is 2. The summed E-state index contributed by atoms with van der Waals surface area (Å²) >= 11 is 0. The van der Waals surface area contributed by atoms with Crippen molar-refractivity contribution in [3.8, 4) is 22.9 Å². The molecule has 2 aromatic carbocycles. The normalized spacial score (nSPS) is 11.8. The Bertz CT molecular complexity index is 905. The monoisotopic (exact) mass is 423 g/mol. The van der Waals surface area contributed by atoms with E-state index in [0.717, 1.165) is 11.1 Å². The Morgan fingerprint density at radius 3 is 2.10 bits per heavy atom. The van der Waals surface area contributed by atoms with Crippen molar-refractivity contribution in [3.63, 3.8) is 0 Å². The third-order valence-electron chi connectivity index (χ3n) is 4.39. The van der Waals surface area contributed by atoms with Crippen molar-refractivity contribution in [2.24, 2.45) is 5.92 Å². The van der Waals surface area contributed by atoms with E-state index in [2.05, 4.69) is 6.07 Å². The quantitative estimate of drug-likeness (QED) is 0.533. The Hall–Kier alpha value is -3.33. The predicted molar refractivity (Wildman–Crippen MR) is 117 cm³/mol. The molecule has 6 heteroatoms. The zero-order valence-electron chi connectivity index (χ0n) is 18.5. The van der Waals surface area contributed by atoms with Crippen LogP contribution in [0.25, 0.3) is 11.1 Å². The van der Waals surface area contributed by atoms with Crippen LogP contribution in [0.1, 0.15) is 46.1 Å².